The van der Waals surface area contributed by atoms with Crippen molar-refractivity contribution in [1.82, 2.24) is 0 Å². The van der Waals surface area contributed by atoms with E-state index in [1.54, 1.807) is 0 Å². The van der Waals surface area contributed by atoms with Gasteiger partial charge in [0.15, 0.2) is 12.4 Å². The van der Waals surface area contributed by atoms with Crippen molar-refractivity contribution in [2.45, 2.75) is 0 Å². The Morgan fingerprint density at radius 2 is 1.54 bits per heavy atom. The average molecular weight is 175 g/mol. The summed E-state index contributed by atoms with van der Waals surface area (Å²) in [5.74, 6) is 0. The van der Waals surface area contributed by atoms with Crippen molar-refractivity contribution >= 4 is 0 Å². The van der Waals surface area contributed by atoms with E-state index in [0.29, 0.717) is 0 Å². The van der Waals surface area contributed by atoms with Crippen LogP contribution in [0.1, 0.15) is 0 Å². The van der Waals surface area contributed by atoms with Gasteiger partial charge in [0.2, 0.25) is 0 Å². The smallest absolute Gasteiger partial charge is 0.173 e. The van der Waals surface area contributed by atoms with E-state index in [1.165, 1.54) is 0 Å². The van der Waals surface area contributed by atoms with Crippen LogP contribution in [-0.4, -0.2) is 13.1 Å². The Labute approximate surface area is 79.4 Å². The van der Waals surface area contributed by atoms with Crippen LogP contribution in [0.5, 0.6) is 0 Å². The largest absolute Gasteiger partial charge is 0.199 e. The van der Waals surface area contributed by atoms with Crippen LogP contribution in [0.2, 0.25) is 0 Å². The molecule has 0 N–H and O–H groups in total. The fourth-order valence-electron chi connectivity index (χ4n) is 1.14. The zero-order chi connectivity index (χ0) is 9.52. The first-order chi connectivity index (χ1) is 6.38. The second kappa shape index (κ2) is 5.14. The van der Waals surface area contributed by atoms with Gasteiger partial charge in [-0.2, -0.15) is 5.01 Å². The van der Waals surface area contributed by atoms with Crippen LogP contribution in [0.4, 0.5) is 0 Å². The molecule has 2 nitrogen and oxygen atoms in total. The van der Waals surface area contributed by atoms with Gasteiger partial charge in [-0.05, 0) is 0 Å². The highest BCUT2D eigenvalue weighted by molar-refractivity contribution is 4.91. The summed E-state index contributed by atoms with van der Waals surface area (Å²) in [7, 11) is 0. The fraction of sp³-hybridized carbons (Fsp3) is 0.182. The van der Waals surface area contributed by atoms with Gasteiger partial charge in [0, 0.05) is 12.1 Å². The monoisotopic (exact) mass is 175 g/mol. The van der Waals surface area contributed by atoms with E-state index in [4.69, 9.17) is 0 Å². The van der Waals surface area contributed by atoms with Gasteiger partial charge in [0.1, 0.15) is 0 Å². The number of rotatable bonds is 5. The normalized spacial score (nSPS) is 9.23. The van der Waals surface area contributed by atoms with Crippen LogP contribution in [-0.2, 0) is 0 Å². The van der Waals surface area contributed by atoms with E-state index in [0.717, 1.165) is 13.1 Å². The molecular formula is C11H15N2+. The molecule has 0 saturated heterocycles. The second-order valence-electron chi connectivity index (χ2n) is 2.70. The Morgan fingerprint density at radius 1 is 1.00 bits per heavy atom. The molecule has 1 aromatic heterocycles. The van der Waals surface area contributed by atoms with Gasteiger partial charge in [0.05, 0.1) is 13.1 Å². The molecule has 1 heterocycles. The summed E-state index contributed by atoms with van der Waals surface area (Å²) in [6.07, 6.45) is 7.77. The van der Waals surface area contributed by atoms with Gasteiger partial charge in [-0.1, -0.05) is 22.9 Å². The fourth-order valence-corrected chi connectivity index (χ4v) is 1.14. The van der Waals surface area contributed by atoms with Crippen LogP contribution in [0.25, 0.3) is 0 Å². The van der Waals surface area contributed by atoms with Crippen molar-refractivity contribution in [3.8, 4) is 0 Å². The van der Waals surface area contributed by atoms with Gasteiger partial charge >= 0.3 is 0 Å². The third kappa shape index (κ3) is 2.75. The Hall–Kier alpha value is -1.57. The van der Waals surface area contributed by atoms with Gasteiger partial charge < -0.3 is 0 Å². The minimum Gasteiger partial charge on any atom is -0.173 e. The van der Waals surface area contributed by atoms with E-state index in [-0.39, 0.29) is 0 Å². The van der Waals surface area contributed by atoms with Crippen LogP contribution < -0.4 is 9.69 Å². The predicted molar refractivity (Wildman–Crippen MR) is 55.0 cm³/mol. The van der Waals surface area contributed by atoms with E-state index < -0.39 is 0 Å². The maximum absolute atomic E-state index is 3.72. The molecule has 0 aliphatic rings. The number of aromatic nitrogens is 1. The lowest BCUT2D eigenvalue weighted by Crippen LogP contribution is -2.57. The lowest BCUT2D eigenvalue weighted by Gasteiger charge is -2.13. The summed E-state index contributed by atoms with van der Waals surface area (Å²) in [6.45, 7) is 9.08. The van der Waals surface area contributed by atoms with Gasteiger partial charge in [-0.3, -0.25) is 0 Å². The van der Waals surface area contributed by atoms with Crippen molar-refractivity contribution in [2.75, 3.05) is 18.1 Å². The molecule has 0 saturated carbocycles. The minimum absolute atomic E-state index is 0.820. The molecule has 1 rings (SSSR count). The molecule has 13 heavy (non-hydrogen) atoms. The molecule has 0 radical (unpaired) electrons. The molecule has 0 atom stereocenters. The highest BCUT2D eigenvalue weighted by Gasteiger charge is 2.07. The van der Waals surface area contributed by atoms with E-state index in [1.807, 2.05) is 47.4 Å². The zero-order valence-corrected chi connectivity index (χ0v) is 7.76. The average Bonchev–Trinajstić information content (AvgIpc) is 2.19. The topological polar surface area (TPSA) is 7.12 Å². The molecule has 0 aliphatic carbocycles. The summed E-state index contributed by atoms with van der Waals surface area (Å²) >= 11 is 0. The van der Waals surface area contributed by atoms with E-state index in [9.17, 15) is 0 Å². The summed E-state index contributed by atoms with van der Waals surface area (Å²) in [5, 5.41) is 2.12. The van der Waals surface area contributed by atoms with Crippen molar-refractivity contribution in [1.29, 1.82) is 0 Å². The summed E-state index contributed by atoms with van der Waals surface area (Å²) in [5.41, 5.74) is 0. The van der Waals surface area contributed by atoms with Crippen molar-refractivity contribution in [3.05, 3.63) is 55.9 Å². The summed E-state index contributed by atoms with van der Waals surface area (Å²) in [6, 6.07) is 5.99. The van der Waals surface area contributed by atoms with Crippen LogP contribution in [0.3, 0.4) is 0 Å². The molecule has 0 unspecified atom stereocenters. The Morgan fingerprint density at radius 3 is 2.00 bits per heavy atom. The Balaban J connectivity index is 2.75. The number of hydrogen-bond donors (Lipinski definition) is 0. The van der Waals surface area contributed by atoms with Gasteiger partial charge in [-0.25, -0.2) is 0 Å². The Kier molecular flexibility index (Phi) is 3.76. The van der Waals surface area contributed by atoms with Crippen molar-refractivity contribution in [2.24, 2.45) is 0 Å². The zero-order valence-electron chi connectivity index (χ0n) is 7.76. The SMILES string of the molecule is C=CCN(CC=C)[n+]1ccccc1. The third-order valence-corrected chi connectivity index (χ3v) is 1.71. The predicted octanol–water partition coefficient (Wildman–Crippen LogP) is 1.28. The lowest BCUT2D eigenvalue weighted by molar-refractivity contribution is -0.691. The molecule has 0 spiro atoms. The first kappa shape index (κ1) is 9.52. The molecule has 68 valence electrons. The van der Waals surface area contributed by atoms with Gasteiger partial charge in [-0.15, -0.1) is 13.2 Å². The maximum atomic E-state index is 3.72. The second-order valence-corrected chi connectivity index (χ2v) is 2.70. The first-order valence-electron chi connectivity index (χ1n) is 4.32. The van der Waals surface area contributed by atoms with Crippen LogP contribution >= 0.6 is 0 Å². The quantitative estimate of drug-likeness (QED) is 0.483. The molecule has 0 aliphatic heterocycles. The standard InChI is InChI=1S/C11H15N2/c1-3-8-12(9-4-2)13-10-6-5-7-11-13/h3-7,10-11H,1-2,8-9H2/q+1. The van der Waals surface area contributed by atoms with Gasteiger partial charge in [0.25, 0.3) is 0 Å². The summed E-state index contributed by atoms with van der Waals surface area (Å²) < 4.78 is 2.03. The lowest BCUT2D eigenvalue weighted by atomic mass is 10.5. The number of pyridine rings is 1. The number of nitrogens with zero attached hydrogens (tertiary/aromatic N) is 2. The van der Waals surface area contributed by atoms with E-state index >= 15 is 0 Å². The van der Waals surface area contributed by atoms with Crippen LogP contribution in [0, 0.1) is 0 Å². The van der Waals surface area contributed by atoms with Crippen molar-refractivity contribution < 1.29 is 4.68 Å². The summed E-state index contributed by atoms with van der Waals surface area (Å²) in [4.78, 5) is 0. The molecule has 0 aromatic carbocycles. The van der Waals surface area contributed by atoms with E-state index in [2.05, 4.69) is 18.2 Å². The highest BCUT2D eigenvalue weighted by atomic mass is 15.5. The van der Waals surface area contributed by atoms with Crippen LogP contribution in [0.15, 0.2) is 55.9 Å². The maximum Gasteiger partial charge on any atom is 0.199 e. The number of hydrogen-bond acceptors (Lipinski definition) is 1. The first-order valence-corrected chi connectivity index (χ1v) is 4.32. The third-order valence-electron chi connectivity index (χ3n) is 1.71. The Bertz CT molecular complexity index is 257. The molecule has 0 fully saturated rings. The minimum atomic E-state index is 0.820. The molecule has 0 amide bonds. The molecule has 0 bridgehead atoms. The molecule has 2 heteroatoms. The highest BCUT2D eigenvalue weighted by Crippen LogP contribution is 1.83. The molecular weight excluding hydrogens is 160 g/mol. The molecule has 1 aromatic rings. The van der Waals surface area contributed by atoms with Crippen molar-refractivity contribution in [3.63, 3.8) is 0 Å².